The highest BCUT2D eigenvalue weighted by Crippen LogP contribution is 2.18. The van der Waals surface area contributed by atoms with E-state index in [0.717, 1.165) is 0 Å². The predicted octanol–water partition coefficient (Wildman–Crippen LogP) is 2.47. The maximum absolute atomic E-state index is 11.6. The number of carbonyl (C=O) groups excluding carboxylic acids is 1. The Hall–Kier alpha value is -2.34. The Morgan fingerprint density at radius 1 is 1.43 bits per heavy atom. The molecule has 7 heteroatoms. The summed E-state index contributed by atoms with van der Waals surface area (Å²) in [6.45, 7) is 2.09. The van der Waals surface area contributed by atoms with Gasteiger partial charge in [-0.05, 0) is 25.1 Å². The summed E-state index contributed by atoms with van der Waals surface area (Å²) in [6, 6.07) is 6.97. The van der Waals surface area contributed by atoms with Crippen molar-refractivity contribution in [2.75, 3.05) is 12.3 Å². The lowest BCUT2D eigenvalue weighted by Crippen LogP contribution is -2.12. The number of ether oxygens (including phenoxy) is 2. The molecular formula is C14H14ClN3O3. The van der Waals surface area contributed by atoms with Gasteiger partial charge in [-0.15, -0.1) is 0 Å². The molecule has 0 amide bonds. The number of carbonyl (C=O) groups is 1. The summed E-state index contributed by atoms with van der Waals surface area (Å²) < 4.78 is 10.3. The van der Waals surface area contributed by atoms with E-state index in [9.17, 15) is 4.79 Å². The number of rotatable bonds is 5. The summed E-state index contributed by atoms with van der Waals surface area (Å²) in [5.41, 5.74) is 5.86. The van der Waals surface area contributed by atoms with Gasteiger partial charge in [-0.1, -0.05) is 17.7 Å². The lowest BCUT2D eigenvalue weighted by atomic mass is 10.3. The van der Waals surface area contributed by atoms with Gasteiger partial charge in [-0.2, -0.15) is 0 Å². The zero-order valence-electron chi connectivity index (χ0n) is 11.4. The summed E-state index contributed by atoms with van der Waals surface area (Å²) in [7, 11) is 0. The van der Waals surface area contributed by atoms with Crippen LogP contribution in [0, 0.1) is 0 Å². The maximum atomic E-state index is 11.6. The zero-order chi connectivity index (χ0) is 15.2. The first-order chi connectivity index (χ1) is 10.1. The number of nitrogens with zero attached hydrogens (tertiary/aromatic N) is 2. The molecule has 0 aliphatic rings. The van der Waals surface area contributed by atoms with Crippen LogP contribution in [-0.4, -0.2) is 22.5 Å². The highest BCUT2D eigenvalue weighted by atomic mass is 35.5. The van der Waals surface area contributed by atoms with Gasteiger partial charge in [0.25, 0.3) is 0 Å². The molecule has 1 aromatic heterocycles. The summed E-state index contributed by atoms with van der Waals surface area (Å²) in [5, 5.41) is 0.575. The number of esters is 1. The van der Waals surface area contributed by atoms with Crippen molar-refractivity contribution in [2.24, 2.45) is 0 Å². The molecule has 0 aliphatic heterocycles. The van der Waals surface area contributed by atoms with Crippen LogP contribution in [0.3, 0.4) is 0 Å². The largest absolute Gasteiger partial charge is 0.486 e. The van der Waals surface area contributed by atoms with Gasteiger partial charge in [-0.3, -0.25) is 0 Å². The molecule has 1 aromatic carbocycles. The third kappa shape index (κ3) is 4.06. The molecule has 0 radical (unpaired) electrons. The molecular weight excluding hydrogens is 294 g/mol. The molecule has 110 valence electrons. The van der Waals surface area contributed by atoms with Crippen molar-refractivity contribution in [3.05, 3.63) is 46.9 Å². The molecule has 2 N–H and O–H groups in total. The lowest BCUT2D eigenvalue weighted by Gasteiger charge is -2.08. The molecule has 0 bridgehead atoms. The van der Waals surface area contributed by atoms with Gasteiger partial charge in [0.15, 0.2) is 5.82 Å². The van der Waals surface area contributed by atoms with Crippen LogP contribution in [0.4, 0.5) is 5.82 Å². The Bertz CT molecular complexity index is 649. The van der Waals surface area contributed by atoms with Crippen molar-refractivity contribution < 1.29 is 14.3 Å². The quantitative estimate of drug-likeness (QED) is 0.854. The summed E-state index contributed by atoms with van der Waals surface area (Å²) in [6.07, 6.45) is 1.33. The molecule has 0 unspecified atom stereocenters. The SMILES string of the molecule is CCOC(=O)c1cnc(COc2cccc(Cl)c2)nc1N. The summed E-state index contributed by atoms with van der Waals surface area (Å²) >= 11 is 5.85. The first-order valence-electron chi connectivity index (χ1n) is 6.27. The Balaban J connectivity index is 2.05. The highest BCUT2D eigenvalue weighted by molar-refractivity contribution is 6.30. The predicted molar refractivity (Wildman–Crippen MR) is 78.2 cm³/mol. The molecule has 1 heterocycles. The Morgan fingerprint density at radius 3 is 2.90 bits per heavy atom. The van der Waals surface area contributed by atoms with E-state index in [-0.39, 0.29) is 24.6 Å². The third-order valence-electron chi connectivity index (χ3n) is 2.53. The fourth-order valence-electron chi connectivity index (χ4n) is 1.57. The molecule has 0 aliphatic carbocycles. The van der Waals surface area contributed by atoms with Crippen molar-refractivity contribution in [1.29, 1.82) is 0 Å². The number of nitrogens with two attached hydrogens (primary N) is 1. The smallest absolute Gasteiger partial charge is 0.343 e. The van der Waals surface area contributed by atoms with E-state index in [1.807, 2.05) is 0 Å². The molecule has 2 aromatic rings. The standard InChI is InChI=1S/C14H14ClN3O3/c1-2-20-14(19)11-7-17-12(18-13(11)16)8-21-10-5-3-4-9(15)6-10/h3-7H,2,8H2,1H3,(H2,16,17,18). The minimum atomic E-state index is -0.544. The summed E-state index contributed by atoms with van der Waals surface area (Å²) in [4.78, 5) is 19.6. The second-order valence-electron chi connectivity index (χ2n) is 4.05. The lowest BCUT2D eigenvalue weighted by molar-refractivity contribution is 0.0526. The summed E-state index contributed by atoms with van der Waals surface area (Å²) in [5.74, 6) is 0.477. The first kappa shape index (κ1) is 15.1. The van der Waals surface area contributed by atoms with Gasteiger partial charge in [0, 0.05) is 11.2 Å². The van der Waals surface area contributed by atoms with Crippen LogP contribution in [0.1, 0.15) is 23.1 Å². The van der Waals surface area contributed by atoms with Crippen LogP contribution in [0.15, 0.2) is 30.5 Å². The van der Waals surface area contributed by atoms with Gasteiger partial charge in [-0.25, -0.2) is 14.8 Å². The normalized spacial score (nSPS) is 10.2. The molecule has 0 saturated carbocycles. The van der Waals surface area contributed by atoms with Crippen molar-refractivity contribution in [3.8, 4) is 5.75 Å². The monoisotopic (exact) mass is 307 g/mol. The number of anilines is 1. The molecule has 0 spiro atoms. The fraction of sp³-hybridized carbons (Fsp3) is 0.214. The van der Waals surface area contributed by atoms with Crippen molar-refractivity contribution in [1.82, 2.24) is 9.97 Å². The Kier molecular flexibility index (Phi) is 4.94. The minimum Gasteiger partial charge on any atom is -0.486 e. The minimum absolute atomic E-state index is 0.0631. The van der Waals surface area contributed by atoms with E-state index in [1.54, 1.807) is 31.2 Å². The van der Waals surface area contributed by atoms with Crippen LogP contribution in [-0.2, 0) is 11.3 Å². The third-order valence-corrected chi connectivity index (χ3v) is 2.76. The van der Waals surface area contributed by atoms with E-state index in [2.05, 4.69) is 9.97 Å². The van der Waals surface area contributed by atoms with Crippen molar-refractivity contribution >= 4 is 23.4 Å². The van der Waals surface area contributed by atoms with E-state index >= 15 is 0 Å². The topological polar surface area (TPSA) is 87.3 Å². The molecule has 2 rings (SSSR count). The van der Waals surface area contributed by atoms with Crippen LogP contribution in [0.25, 0.3) is 0 Å². The number of hydrogen-bond acceptors (Lipinski definition) is 6. The molecule has 21 heavy (non-hydrogen) atoms. The molecule has 0 fully saturated rings. The van der Waals surface area contributed by atoms with E-state index < -0.39 is 5.97 Å². The number of aromatic nitrogens is 2. The van der Waals surface area contributed by atoms with E-state index in [4.69, 9.17) is 26.8 Å². The van der Waals surface area contributed by atoms with Gasteiger partial charge >= 0.3 is 5.97 Å². The maximum Gasteiger partial charge on any atom is 0.343 e. The Morgan fingerprint density at radius 2 is 2.24 bits per heavy atom. The number of nitrogen functional groups attached to an aromatic ring is 1. The Labute approximate surface area is 126 Å². The van der Waals surface area contributed by atoms with Crippen molar-refractivity contribution in [2.45, 2.75) is 13.5 Å². The van der Waals surface area contributed by atoms with Crippen LogP contribution in [0.5, 0.6) is 5.75 Å². The molecule has 0 atom stereocenters. The van der Waals surface area contributed by atoms with Crippen LogP contribution < -0.4 is 10.5 Å². The zero-order valence-corrected chi connectivity index (χ0v) is 12.1. The van der Waals surface area contributed by atoms with E-state index in [1.165, 1.54) is 6.20 Å². The van der Waals surface area contributed by atoms with Gasteiger partial charge in [0.05, 0.1) is 6.61 Å². The average Bonchev–Trinajstić information content (AvgIpc) is 2.45. The number of halogens is 1. The number of hydrogen-bond donors (Lipinski definition) is 1. The second kappa shape index (κ2) is 6.90. The average molecular weight is 308 g/mol. The molecule has 0 saturated heterocycles. The van der Waals surface area contributed by atoms with Crippen molar-refractivity contribution in [3.63, 3.8) is 0 Å². The van der Waals surface area contributed by atoms with Crippen LogP contribution >= 0.6 is 11.6 Å². The van der Waals surface area contributed by atoms with Gasteiger partial charge in [0.2, 0.25) is 0 Å². The molecule has 6 nitrogen and oxygen atoms in total. The van der Waals surface area contributed by atoms with Gasteiger partial charge in [0.1, 0.15) is 23.7 Å². The first-order valence-corrected chi connectivity index (χ1v) is 6.65. The van der Waals surface area contributed by atoms with E-state index in [0.29, 0.717) is 16.6 Å². The van der Waals surface area contributed by atoms with Gasteiger partial charge < -0.3 is 15.2 Å². The fourth-order valence-corrected chi connectivity index (χ4v) is 1.75. The highest BCUT2D eigenvalue weighted by Gasteiger charge is 2.13. The number of benzene rings is 1. The second-order valence-corrected chi connectivity index (χ2v) is 4.49. The van der Waals surface area contributed by atoms with Crippen LogP contribution in [0.2, 0.25) is 5.02 Å².